The number of esters is 1. The molecule has 1 saturated carbocycles. The molecule has 2 aliphatic heterocycles. The smallest absolute Gasteiger partial charge is 0.416 e. The lowest BCUT2D eigenvalue weighted by molar-refractivity contribution is -0.180. The van der Waals surface area contributed by atoms with Crippen LogP contribution < -0.4 is 4.90 Å². The Morgan fingerprint density at radius 1 is 1.08 bits per heavy atom. The van der Waals surface area contributed by atoms with Crippen LogP contribution in [0.3, 0.4) is 0 Å². The predicted molar refractivity (Wildman–Crippen MR) is 130 cm³/mol. The van der Waals surface area contributed by atoms with E-state index in [1.165, 1.54) is 30.3 Å². The number of carbonyl (C=O) groups excluding carboxylic acids is 1. The topological polar surface area (TPSA) is 119 Å². The van der Waals surface area contributed by atoms with Gasteiger partial charge in [-0.2, -0.15) is 0 Å². The highest BCUT2D eigenvalue weighted by molar-refractivity contribution is 7.92. The van der Waals surface area contributed by atoms with Crippen molar-refractivity contribution in [3.63, 3.8) is 0 Å². The molecule has 0 atom stereocenters. The highest BCUT2D eigenvalue weighted by Crippen LogP contribution is 2.45. The molecule has 1 spiro atoms. The van der Waals surface area contributed by atoms with Crippen LogP contribution in [0.2, 0.25) is 0 Å². The van der Waals surface area contributed by atoms with Crippen LogP contribution in [0.5, 0.6) is 0 Å². The first-order valence-electron chi connectivity index (χ1n) is 11.9. The summed E-state index contributed by atoms with van der Waals surface area (Å²) in [6.07, 6.45) is 3.42. The average Bonchev–Trinajstić information content (AvgIpc) is 3.31. The van der Waals surface area contributed by atoms with Crippen LogP contribution in [-0.4, -0.2) is 51.2 Å². The maximum Gasteiger partial charge on any atom is 0.416 e. The van der Waals surface area contributed by atoms with Crippen molar-refractivity contribution >= 4 is 38.8 Å². The monoisotopic (exact) mass is 513 g/mol. The largest absolute Gasteiger partial charge is 0.464 e. The van der Waals surface area contributed by atoms with Crippen LogP contribution in [0.1, 0.15) is 38.2 Å². The van der Waals surface area contributed by atoms with Gasteiger partial charge in [-0.05, 0) is 55.5 Å². The third-order valence-electron chi connectivity index (χ3n) is 6.89. The number of ether oxygens (including phenoxy) is 3. The molecule has 190 valence electrons. The van der Waals surface area contributed by atoms with E-state index in [4.69, 9.17) is 14.2 Å². The van der Waals surface area contributed by atoms with Crippen molar-refractivity contribution in [2.45, 2.75) is 48.2 Å². The fourth-order valence-corrected chi connectivity index (χ4v) is 6.77. The second-order valence-corrected chi connectivity index (χ2v) is 10.9. The Balaban J connectivity index is 1.56. The second kappa shape index (κ2) is 9.34. The van der Waals surface area contributed by atoms with E-state index in [9.17, 15) is 23.1 Å². The number of amides is 1. The molecule has 1 N–H and O–H groups in total. The summed E-state index contributed by atoms with van der Waals surface area (Å²) in [6.45, 7) is 3.03. The van der Waals surface area contributed by atoms with Crippen LogP contribution in [0.4, 0.5) is 16.2 Å². The minimum Gasteiger partial charge on any atom is -0.464 e. The Morgan fingerprint density at radius 3 is 2.42 bits per heavy atom. The maximum atomic E-state index is 13.3. The number of anilines is 2. The highest BCUT2D eigenvalue weighted by Gasteiger charge is 2.41. The van der Waals surface area contributed by atoms with Crippen molar-refractivity contribution in [2.24, 2.45) is 5.92 Å². The summed E-state index contributed by atoms with van der Waals surface area (Å²) in [4.78, 5) is 26.0. The summed E-state index contributed by atoms with van der Waals surface area (Å²) in [6, 6.07) is 10.3. The van der Waals surface area contributed by atoms with Gasteiger partial charge in [0.15, 0.2) is 5.79 Å². The van der Waals surface area contributed by atoms with Crippen molar-refractivity contribution in [1.29, 1.82) is 0 Å². The lowest BCUT2D eigenvalue weighted by atomic mass is 9.83. The fraction of sp³-hybridized carbons (Fsp3) is 0.385. The molecule has 3 aliphatic rings. The molecule has 0 unspecified atom stereocenters. The van der Waals surface area contributed by atoms with Gasteiger partial charge < -0.3 is 19.3 Å². The van der Waals surface area contributed by atoms with Gasteiger partial charge in [-0.15, -0.1) is 0 Å². The molecular formula is C26H27NO8S. The number of allylic oxidation sites excluding steroid dienone is 1. The van der Waals surface area contributed by atoms with Gasteiger partial charge in [0.25, 0.3) is 0 Å². The van der Waals surface area contributed by atoms with Crippen molar-refractivity contribution in [1.82, 2.24) is 0 Å². The van der Waals surface area contributed by atoms with E-state index >= 15 is 0 Å². The predicted octanol–water partition coefficient (Wildman–Crippen LogP) is 4.53. The van der Waals surface area contributed by atoms with Crippen molar-refractivity contribution in [3.05, 3.63) is 54.1 Å². The molecule has 0 radical (unpaired) electrons. The van der Waals surface area contributed by atoms with Gasteiger partial charge in [0.1, 0.15) is 0 Å². The molecule has 2 aromatic carbocycles. The van der Waals surface area contributed by atoms with Crippen molar-refractivity contribution in [3.8, 4) is 0 Å². The number of nitrogens with zero attached hydrogens (tertiary/aromatic N) is 1. The van der Waals surface area contributed by atoms with Crippen LogP contribution in [-0.2, 0) is 28.8 Å². The number of benzene rings is 2. The number of carboxylic acid groups (broad SMARTS) is 1. The van der Waals surface area contributed by atoms with E-state index in [-0.39, 0.29) is 39.3 Å². The van der Waals surface area contributed by atoms with Gasteiger partial charge in [0.05, 0.1) is 46.6 Å². The van der Waals surface area contributed by atoms with Crippen molar-refractivity contribution in [2.75, 3.05) is 24.7 Å². The molecule has 0 aromatic heterocycles. The summed E-state index contributed by atoms with van der Waals surface area (Å²) in [5.41, 5.74) is 0.687. The number of fused-ring (bicyclic) bond motifs is 2. The Bertz CT molecular complexity index is 1330. The van der Waals surface area contributed by atoms with Gasteiger partial charge in [0.2, 0.25) is 9.84 Å². The first-order valence-corrected chi connectivity index (χ1v) is 13.4. The number of hydrogen-bond donors (Lipinski definition) is 1. The number of hydrogen-bond acceptors (Lipinski definition) is 7. The fourth-order valence-electron chi connectivity index (χ4n) is 5.17. The Hall–Kier alpha value is -3.21. The van der Waals surface area contributed by atoms with Gasteiger partial charge in [-0.1, -0.05) is 24.3 Å². The summed E-state index contributed by atoms with van der Waals surface area (Å²) in [5, 5.41) is 9.99. The number of rotatable bonds is 4. The normalized spacial score (nSPS) is 20.6. The third-order valence-corrected chi connectivity index (χ3v) is 8.74. The minimum atomic E-state index is -3.95. The lowest BCUT2D eigenvalue weighted by Gasteiger charge is -2.34. The summed E-state index contributed by atoms with van der Waals surface area (Å²) < 4.78 is 43.4. The zero-order valence-electron chi connectivity index (χ0n) is 19.8. The van der Waals surface area contributed by atoms with Crippen molar-refractivity contribution < 1.29 is 37.3 Å². The summed E-state index contributed by atoms with van der Waals surface area (Å²) in [5.74, 6) is -1.03. The van der Waals surface area contributed by atoms with E-state index in [0.717, 1.165) is 17.7 Å². The summed E-state index contributed by atoms with van der Waals surface area (Å²) >= 11 is 0. The molecule has 36 heavy (non-hydrogen) atoms. The molecule has 2 fully saturated rings. The van der Waals surface area contributed by atoms with Gasteiger partial charge >= 0.3 is 12.1 Å². The Morgan fingerprint density at radius 2 is 1.75 bits per heavy atom. The van der Waals surface area contributed by atoms with Crippen LogP contribution >= 0.6 is 0 Å². The van der Waals surface area contributed by atoms with Gasteiger partial charge in [-0.3, -0.25) is 0 Å². The first kappa shape index (κ1) is 24.5. The maximum absolute atomic E-state index is 13.3. The Labute approximate surface area is 209 Å². The average molecular weight is 514 g/mol. The SMILES string of the molecule is CCOC(=O)/C(=C/C1CCC2(CC1)OCCO2)c1ccc2c(c1)N(C(=O)O)c1ccccc1S2(=O)=O. The zero-order chi connectivity index (χ0) is 25.5. The van der Waals surface area contributed by atoms with Crippen LogP contribution in [0, 0.1) is 5.92 Å². The van der Waals surface area contributed by atoms with E-state index in [1.807, 2.05) is 6.08 Å². The number of para-hydroxylation sites is 1. The van der Waals surface area contributed by atoms with Gasteiger partial charge in [-0.25, -0.2) is 22.9 Å². The molecule has 2 heterocycles. The molecule has 5 rings (SSSR count). The van der Waals surface area contributed by atoms with Crippen LogP contribution in [0.15, 0.2) is 58.3 Å². The lowest BCUT2D eigenvalue weighted by Crippen LogP contribution is -2.34. The molecule has 1 aliphatic carbocycles. The van der Waals surface area contributed by atoms with E-state index in [1.54, 1.807) is 19.1 Å². The quantitative estimate of drug-likeness (QED) is 0.468. The minimum absolute atomic E-state index is 0.0238. The van der Waals surface area contributed by atoms with E-state index < -0.39 is 27.7 Å². The molecule has 10 heteroatoms. The molecule has 0 bridgehead atoms. The zero-order valence-corrected chi connectivity index (χ0v) is 20.6. The van der Waals surface area contributed by atoms with Gasteiger partial charge in [0, 0.05) is 12.8 Å². The molecular weight excluding hydrogens is 486 g/mol. The van der Waals surface area contributed by atoms with Crippen LogP contribution in [0.25, 0.3) is 5.57 Å². The Kier molecular flexibility index (Phi) is 6.36. The second-order valence-electron chi connectivity index (χ2n) is 9.02. The molecule has 2 aromatic rings. The van der Waals surface area contributed by atoms with E-state index in [2.05, 4.69) is 0 Å². The standard InChI is InChI=1S/C26H27NO8S/c1-2-33-24(28)19(15-17-9-11-26(12-10-17)34-13-14-35-26)18-7-8-23-21(16-18)27(25(29)30)20-5-3-4-6-22(20)36(23,31)32/h3-8,15-17H,2,9-14H2,1H3,(H,29,30)/b19-15+. The summed E-state index contributed by atoms with van der Waals surface area (Å²) in [7, 11) is -3.95. The molecule has 1 saturated heterocycles. The number of carbonyl (C=O) groups is 2. The number of sulfone groups is 1. The molecule has 1 amide bonds. The molecule has 9 nitrogen and oxygen atoms in total. The third kappa shape index (κ3) is 4.19. The first-order chi connectivity index (χ1) is 17.3. The highest BCUT2D eigenvalue weighted by atomic mass is 32.2. The van der Waals surface area contributed by atoms with E-state index in [0.29, 0.717) is 31.6 Å².